The Kier molecular flexibility index (Phi) is 6.11. The van der Waals surface area contributed by atoms with Crippen LogP contribution in [0.2, 0.25) is 0 Å². The number of rotatable bonds is 7. The van der Waals surface area contributed by atoms with Crippen molar-refractivity contribution in [3.05, 3.63) is 39.9 Å². The lowest BCUT2D eigenvalue weighted by Gasteiger charge is -2.20. The Morgan fingerprint density at radius 1 is 1.50 bits per heavy atom. The molecule has 0 bridgehead atoms. The van der Waals surface area contributed by atoms with Gasteiger partial charge in [0.15, 0.2) is 0 Å². The predicted octanol–water partition coefficient (Wildman–Crippen LogP) is 1.94. The van der Waals surface area contributed by atoms with E-state index in [2.05, 4.69) is 5.32 Å². The summed E-state index contributed by atoms with van der Waals surface area (Å²) in [5.41, 5.74) is 0.801. The molecule has 0 aromatic heterocycles. The SMILES string of the molecule is CCNC(C)CC(=O)N(C)Cc1cccc([N+](=O)[O-])c1. The molecule has 1 aromatic rings. The summed E-state index contributed by atoms with van der Waals surface area (Å²) in [6, 6.07) is 6.48. The Morgan fingerprint density at radius 2 is 2.20 bits per heavy atom. The van der Waals surface area contributed by atoms with Crippen LogP contribution in [0.3, 0.4) is 0 Å². The van der Waals surface area contributed by atoms with E-state index in [4.69, 9.17) is 0 Å². The molecule has 20 heavy (non-hydrogen) atoms. The molecule has 0 saturated heterocycles. The van der Waals surface area contributed by atoms with Gasteiger partial charge in [0.25, 0.3) is 5.69 Å². The maximum atomic E-state index is 12.0. The van der Waals surface area contributed by atoms with Crippen molar-refractivity contribution < 1.29 is 9.72 Å². The number of nitrogens with one attached hydrogen (secondary N) is 1. The van der Waals surface area contributed by atoms with Crippen molar-refractivity contribution >= 4 is 11.6 Å². The van der Waals surface area contributed by atoms with Crippen molar-refractivity contribution in [2.45, 2.75) is 32.9 Å². The fourth-order valence-electron chi connectivity index (χ4n) is 1.97. The van der Waals surface area contributed by atoms with Crippen molar-refractivity contribution in [1.29, 1.82) is 0 Å². The first kappa shape index (κ1) is 16.1. The van der Waals surface area contributed by atoms with E-state index in [1.807, 2.05) is 13.8 Å². The molecule has 1 aromatic carbocycles. The fourth-order valence-corrected chi connectivity index (χ4v) is 1.97. The molecule has 0 aliphatic carbocycles. The van der Waals surface area contributed by atoms with E-state index < -0.39 is 4.92 Å². The minimum absolute atomic E-state index is 0.0185. The number of hydrogen-bond donors (Lipinski definition) is 1. The number of carbonyl (C=O) groups is 1. The van der Waals surface area contributed by atoms with Crippen LogP contribution in [-0.2, 0) is 11.3 Å². The van der Waals surface area contributed by atoms with Crippen molar-refractivity contribution in [1.82, 2.24) is 10.2 Å². The predicted molar refractivity (Wildman–Crippen MR) is 77.3 cm³/mol. The van der Waals surface area contributed by atoms with Crippen LogP contribution in [-0.4, -0.2) is 35.4 Å². The first-order valence-corrected chi connectivity index (χ1v) is 6.64. The van der Waals surface area contributed by atoms with Gasteiger partial charge in [-0.2, -0.15) is 0 Å². The lowest BCUT2D eigenvalue weighted by molar-refractivity contribution is -0.384. The van der Waals surface area contributed by atoms with Gasteiger partial charge < -0.3 is 10.2 Å². The Morgan fingerprint density at radius 3 is 2.80 bits per heavy atom. The minimum atomic E-state index is -0.432. The smallest absolute Gasteiger partial charge is 0.269 e. The summed E-state index contributed by atoms with van der Waals surface area (Å²) in [5, 5.41) is 13.9. The highest BCUT2D eigenvalue weighted by Crippen LogP contribution is 2.14. The number of benzene rings is 1. The quantitative estimate of drug-likeness (QED) is 0.611. The third-order valence-corrected chi connectivity index (χ3v) is 3.00. The van der Waals surface area contributed by atoms with Crippen LogP contribution in [0.5, 0.6) is 0 Å². The highest BCUT2D eigenvalue weighted by molar-refractivity contribution is 5.76. The average molecular weight is 279 g/mol. The second kappa shape index (κ2) is 7.59. The number of nitro groups is 1. The summed E-state index contributed by atoms with van der Waals surface area (Å²) in [6.07, 6.45) is 0.416. The maximum absolute atomic E-state index is 12.0. The highest BCUT2D eigenvalue weighted by Gasteiger charge is 2.14. The van der Waals surface area contributed by atoms with E-state index in [1.165, 1.54) is 12.1 Å². The molecule has 0 radical (unpaired) electrons. The van der Waals surface area contributed by atoms with E-state index in [1.54, 1.807) is 24.1 Å². The molecular formula is C14H21N3O3. The molecule has 0 heterocycles. The Labute approximate surface area is 118 Å². The van der Waals surface area contributed by atoms with Crippen LogP contribution in [0.4, 0.5) is 5.69 Å². The zero-order chi connectivity index (χ0) is 15.1. The van der Waals surface area contributed by atoms with Gasteiger partial charge in [0.1, 0.15) is 0 Å². The first-order valence-electron chi connectivity index (χ1n) is 6.64. The van der Waals surface area contributed by atoms with Crippen LogP contribution in [0.1, 0.15) is 25.8 Å². The van der Waals surface area contributed by atoms with Crippen LogP contribution in [0, 0.1) is 10.1 Å². The molecule has 0 saturated carbocycles. The summed E-state index contributed by atoms with van der Waals surface area (Å²) < 4.78 is 0. The summed E-state index contributed by atoms with van der Waals surface area (Å²) in [6.45, 7) is 5.15. The molecule has 0 spiro atoms. The number of amides is 1. The van der Waals surface area contributed by atoms with Gasteiger partial charge in [-0.1, -0.05) is 19.1 Å². The lowest BCUT2D eigenvalue weighted by atomic mass is 10.1. The van der Waals surface area contributed by atoms with Gasteiger partial charge >= 0.3 is 0 Å². The Bertz CT molecular complexity index is 476. The molecule has 0 aliphatic heterocycles. The zero-order valence-electron chi connectivity index (χ0n) is 12.1. The number of nitrogens with zero attached hydrogens (tertiary/aromatic N) is 2. The third kappa shape index (κ3) is 4.97. The van der Waals surface area contributed by atoms with Crippen molar-refractivity contribution in [2.75, 3.05) is 13.6 Å². The van der Waals surface area contributed by atoms with Crippen molar-refractivity contribution in [2.24, 2.45) is 0 Å². The van der Waals surface area contributed by atoms with E-state index in [0.717, 1.165) is 12.1 Å². The molecule has 0 fully saturated rings. The Hall–Kier alpha value is -1.95. The molecule has 0 aliphatic rings. The highest BCUT2D eigenvalue weighted by atomic mass is 16.6. The normalized spacial score (nSPS) is 11.9. The minimum Gasteiger partial charge on any atom is -0.341 e. The zero-order valence-corrected chi connectivity index (χ0v) is 12.1. The second-order valence-electron chi connectivity index (χ2n) is 4.84. The molecule has 6 nitrogen and oxygen atoms in total. The molecule has 6 heteroatoms. The van der Waals surface area contributed by atoms with Gasteiger partial charge in [0.2, 0.25) is 5.91 Å². The molecule has 1 unspecified atom stereocenters. The Balaban J connectivity index is 2.61. The topological polar surface area (TPSA) is 75.5 Å². The number of hydrogen-bond acceptors (Lipinski definition) is 4. The van der Waals surface area contributed by atoms with Crippen molar-refractivity contribution in [3.8, 4) is 0 Å². The van der Waals surface area contributed by atoms with Crippen LogP contribution < -0.4 is 5.32 Å². The van der Waals surface area contributed by atoms with Crippen LogP contribution >= 0.6 is 0 Å². The van der Waals surface area contributed by atoms with Gasteiger partial charge in [-0.3, -0.25) is 14.9 Å². The van der Waals surface area contributed by atoms with Gasteiger partial charge in [0, 0.05) is 38.2 Å². The van der Waals surface area contributed by atoms with Crippen molar-refractivity contribution in [3.63, 3.8) is 0 Å². The maximum Gasteiger partial charge on any atom is 0.269 e. The fraction of sp³-hybridized carbons (Fsp3) is 0.500. The standard InChI is InChI=1S/C14H21N3O3/c1-4-15-11(2)8-14(18)16(3)10-12-6-5-7-13(9-12)17(19)20/h5-7,9,11,15H,4,8,10H2,1-3H3. The summed E-state index contributed by atoms with van der Waals surface area (Å²) >= 11 is 0. The summed E-state index contributed by atoms with van der Waals surface area (Å²) in [5.74, 6) is 0.0185. The van der Waals surface area contributed by atoms with E-state index in [-0.39, 0.29) is 17.6 Å². The molecular weight excluding hydrogens is 258 g/mol. The lowest BCUT2D eigenvalue weighted by Crippen LogP contribution is -2.34. The molecule has 1 amide bonds. The monoisotopic (exact) mass is 279 g/mol. The molecule has 1 atom stereocenters. The number of nitro benzene ring substituents is 1. The summed E-state index contributed by atoms with van der Waals surface area (Å²) in [4.78, 5) is 23.9. The van der Waals surface area contributed by atoms with E-state index in [0.29, 0.717) is 13.0 Å². The van der Waals surface area contributed by atoms with E-state index >= 15 is 0 Å². The third-order valence-electron chi connectivity index (χ3n) is 3.00. The first-order chi connectivity index (χ1) is 9.43. The second-order valence-corrected chi connectivity index (χ2v) is 4.84. The van der Waals surface area contributed by atoms with E-state index in [9.17, 15) is 14.9 Å². The van der Waals surface area contributed by atoms with Gasteiger partial charge in [-0.05, 0) is 19.0 Å². The van der Waals surface area contributed by atoms with Gasteiger partial charge in [-0.25, -0.2) is 0 Å². The molecule has 1 N–H and O–H groups in total. The molecule has 110 valence electrons. The van der Waals surface area contributed by atoms with Crippen LogP contribution in [0.15, 0.2) is 24.3 Å². The number of carbonyl (C=O) groups excluding carboxylic acids is 1. The summed E-state index contributed by atoms with van der Waals surface area (Å²) in [7, 11) is 1.71. The molecule has 1 rings (SSSR count). The van der Waals surface area contributed by atoms with Gasteiger partial charge in [0.05, 0.1) is 4.92 Å². The largest absolute Gasteiger partial charge is 0.341 e. The average Bonchev–Trinajstić information content (AvgIpc) is 2.39. The van der Waals surface area contributed by atoms with Gasteiger partial charge in [-0.15, -0.1) is 0 Å². The van der Waals surface area contributed by atoms with Crippen LogP contribution in [0.25, 0.3) is 0 Å². The number of non-ortho nitro benzene ring substituents is 1.